The Balaban J connectivity index is 0. The Morgan fingerprint density at radius 1 is 1.88 bits per heavy atom. The zero-order valence-corrected chi connectivity index (χ0v) is 5.89. The first-order valence-electron chi connectivity index (χ1n) is 2.09. The van der Waals surface area contributed by atoms with Crippen molar-refractivity contribution in [2.75, 3.05) is 13.7 Å². The monoisotopic (exact) mass is 140 g/mol. The lowest BCUT2D eigenvalue weighted by molar-refractivity contribution is 0.343. The van der Waals surface area contributed by atoms with Gasteiger partial charge in [0, 0.05) is 4.57 Å². The van der Waals surface area contributed by atoms with Gasteiger partial charge in [0.2, 0.25) is 0 Å². The number of hydrogen-bond acceptors (Lipinski definition) is 3. The van der Waals surface area contributed by atoms with Gasteiger partial charge in [-0.2, -0.15) is 0 Å². The van der Waals surface area contributed by atoms with Crippen LogP contribution in [0.4, 0.5) is 0 Å². The van der Waals surface area contributed by atoms with Crippen LogP contribution in [0, 0.1) is 0 Å². The van der Waals surface area contributed by atoms with Gasteiger partial charge in [0.15, 0.2) is 0 Å². The minimum atomic E-state index is -2.35. The Kier molecular flexibility index (Phi) is 13.7. The van der Waals surface area contributed by atoms with Gasteiger partial charge in [-0.3, -0.25) is 0 Å². The predicted octanol–water partition coefficient (Wildman–Crippen LogP) is 0.248. The Morgan fingerprint density at radius 3 is 2.00 bits per heavy atom. The van der Waals surface area contributed by atoms with Crippen LogP contribution in [-0.4, -0.2) is 18.5 Å². The third-order valence-electron chi connectivity index (χ3n) is 0.156. The highest BCUT2D eigenvalue weighted by Crippen LogP contribution is 2.09. The summed E-state index contributed by atoms with van der Waals surface area (Å²) in [6.45, 7) is 2.65. The second-order valence-corrected chi connectivity index (χ2v) is 1.67. The largest absolute Gasteiger partial charge is 0.694 e. The van der Waals surface area contributed by atoms with E-state index in [4.69, 9.17) is 10.6 Å². The van der Waals surface area contributed by atoms with Crippen molar-refractivity contribution in [3.8, 4) is 0 Å². The highest BCUT2D eigenvalue weighted by molar-refractivity contribution is 7.32. The summed E-state index contributed by atoms with van der Waals surface area (Å²) < 4.78 is 13.1. The van der Waals surface area contributed by atoms with Gasteiger partial charge in [-0.1, -0.05) is 6.92 Å². The number of hydrogen-bond donors (Lipinski definition) is 2. The molecule has 0 heterocycles. The molecule has 0 saturated carbocycles. The average molecular weight is 140 g/mol. The van der Waals surface area contributed by atoms with E-state index in [-0.39, 0.29) is 0 Å². The molecule has 0 spiro atoms. The van der Waals surface area contributed by atoms with Gasteiger partial charge in [-0.15, -0.1) is 9.42 Å². The van der Waals surface area contributed by atoms with Gasteiger partial charge in [0.05, 0.1) is 7.11 Å². The van der Waals surface area contributed by atoms with E-state index in [1.165, 1.54) is 7.11 Å². The first-order chi connectivity index (χ1) is 3.68. The third kappa shape index (κ3) is 37.8. The molecule has 0 bridgehead atoms. The van der Waals surface area contributed by atoms with Crippen LogP contribution in [-0.2, 0) is 9.09 Å². The van der Waals surface area contributed by atoms with E-state index in [0.29, 0.717) is 0 Å². The smallest absolute Gasteiger partial charge is 0.331 e. The lowest BCUT2D eigenvalue weighted by Crippen LogP contribution is -1.87. The quantitative estimate of drug-likeness (QED) is 0.512. The van der Waals surface area contributed by atoms with E-state index in [1.54, 1.807) is 0 Å². The molecule has 8 heavy (non-hydrogen) atoms. The first kappa shape index (κ1) is 10.9. The molecular weight excluding hydrogens is 129 g/mol. The maximum Gasteiger partial charge on any atom is 0.694 e. The van der Waals surface area contributed by atoms with E-state index < -0.39 is 8.25 Å². The molecule has 0 rings (SSSR count). The van der Waals surface area contributed by atoms with E-state index in [0.717, 1.165) is 6.54 Å². The van der Waals surface area contributed by atoms with Gasteiger partial charge >= 0.3 is 8.25 Å². The van der Waals surface area contributed by atoms with Crippen molar-refractivity contribution < 1.29 is 14.0 Å². The highest BCUT2D eigenvalue weighted by atomic mass is 31.1. The topological polar surface area (TPSA) is 72.5 Å². The van der Waals surface area contributed by atoms with E-state index in [9.17, 15) is 4.57 Å². The Labute approximate surface area is 49.6 Å². The fourth-order valence-corrected chi connectivity index (χ4v) is 0. The van der Waals surface area contributed by atoms with E-state index in [2.05, 4.69) is 4.52 Å². The Morgan fingerprint density at radius 2 is 2.00 bits per heavy atom. The van der Waals surface area contributed by atoms with Crippen LogP contribution in [0.1, 0.15) is 6.92 Å². The van der Waals surface area contributed by atoms with Gasteiger partial charge in [0.1, 0.15) is 0 Å². The van der Waals surface area contributed by atoms with Gasteiger partial charge in [-0.05, 0) is 6.54 Å². The van der Waals surface area contributed by atoms with Crippen molar-refractivity contribution >= 4 is 8.25 Å². The molecule has 1 unspecified atom stereocenters. The van der Waals surface area contributed by atoms with E-state index in [1.807, 2.05) is 6.92 Å². The fourth-order valence-electron chi connectivity index (χ4n) is 0. The molecule has 1 atom stereocenters. The molecule has 0 radical (unpaired) electrons. The van der Waals surface area contributed by atoms with Gasteiger partial charge in [0.25, 0.3) is 0 Å². The maximum atomic E-state index is 9.29. The normalized spacial score (nSPS) is 9.25. The van der Waals surface area contributed by atoms with Gasteiger partial charge in [-0.25, -0.2) is 0 Å². The summed E-state index contributed by atoms with van der Waals surface area (Å²) in [7, 11) is -1.18. The first-order valence-corrected chi connectivity index (χ1v) is 3.22. The third-order valence-corrected chi connectivity index (χ3v) is 0.469. The second kappa shape index (κ2) is 10.1. The zero-order valence-electron chi connectivity index (χ0n) is 5.00. The molecule has 0 aromatic rings. The predicted molar refractivity (Wildman–Crippen MR) is 31.6 cm³/mol. The SMILES string of the molecule is CCN.CO[P+](=O)O. The van der Waals surface area contributed by atoms with E-state index >= 15 is 0 Å². The summed E-state index contributed by atoms with van der Waals surface area (Å²) in [5, 5.41) is 0. The fraction of sp³-hybridized carbons (Fsp3) is 1.00. The average Bonchev–Trinajstić information content (AvgIpc) is 1.69. The standard InChI is InChI=1S/C2H7N.CH3O3P/c1-2-3;1-4-5(2)3/h2-3H2,1H3;1H3/p+1. The molecule has 50 valence electrons. The molecule has 0 saturated heterocycles. The van der Waals surface area contributed by atoms with Crippen molar-refractivity contribution in [1.82, 2.24) is 0 Å². The molecule has 0 aromatic carbocycles. The lowest BCUT2D eigenvalue weighted by atomic mass is 10.8. The minimum Gasteiger partial charge on any atom is -0.331 e. The number of rotatable bonds is 1. The summed E-state index contributed by atoms with van der Waals surface area (Å²) in [5.74, 6) is 0. The van der Waals surface area contributed by atoms with Crippen molar-refractivity contribution in [3.63, 3.8) is 0 Å². The van der Waals surface area contributed by atoms with Crippen LogP contribution >= 0.6 is 8.25 Å². The summed E-state index contributed by atoms with van der Waals surface area (Å²) in [4.78, 5) is 7.65. The van der Waals surface area contributed by atoms with Crippen LogP contribution in [0.5, 0.6) is 0 Å². The number of nitrogens with two attached hydrogens (primary N) is 1. The Bertz CT molecular complexity index is 58.5. The lowest BCUT2D eigenvalue weighted by Gasteiger charge is -1.55. The molecule has 5 heteroatoms. The molecule has 0 aliphatic heterocycles. The van der Waals surface area contributed by atoms with Crippen LogP contribution in [0.2, 0.25) is 0 Å². The Hall–Kier alpha value is -0.0200. The molecule has 3 N–H and O–H groups in total. The van der Waals surface area contributed by atoms with Crippen molar-refractivity contribution in [2.45, 2.75) is 6.92 Å². The van der Waals surface area contributed by atoms with Crippen LogP contribution < -0.4 is 5.73 Å². The molecule has 0 fully saturated rings. The van der Waals surface area contributed by atoms with Crippen LogP contribution in [0.25, 0.3) is 0 Å². The molecule has 0 aliphatic rings. The molecular formula is C3H11NO3P+. The van der Waals surface area contributed by atoms with Crippen molar-refractivity contribution in [2.24, 2.45) is 5.73 Å². The molecule has 0 amide bonds. The summed E-state index contributed by atoms with van der Waals surface area (Å²) in [6.07, 6.45) is 0. The van der Waals surface area contributed by atoms with Crippen molar-refractivity contribution in [3.05, 3.63) is 0 Å². The van der Waals surface area contributed by atoms with Crippen LogP contribution in [0.3, 0.4) is 0 Å². The molecule has 0 aliphatic carbocycles. The van der Waals surface area contributed by atoms with Crippen molar-refractivity contribution in [1.29, 1.82) is 0 Å². The maximum absolute atomic E-state index is 9.29. The van der Waals surface area contributed by atoms with Crippen LogP contribution in [0.15, 0.2) is 0 Å². The summed E-state index contributed by atoms with van der Waals surface area (Å²) >= 11 is 0. The molecule has 4 nitrogen and oxygen atoms in total. The van der Waals surface area contributed by atoms with Gasteiger partial charge < -0.3 is 5.73 Å². The second-order valence-electron chi connectivity index (χ2n) is 0.829. The molecule has 0 aromatic heterocycles. The minimum absolute atomic E-state index is 0.750. The zero-order chi connectivity index (χ0) is 6.99. The highest BCUT2D eigenvalue weighted by Gasteiger charge is 2.02. The summed E-state index contributed by atoms with van der Waals surface area (Å²) in [5.41, 5.74) is 4.85. The summed E-state index contributed by atoms with van der Waals surface area (Å²) in [6, 6.07) is 0.